The lowest BCUT2D eigenvalue weighted by molar-refractivity contribution is 0.213. The van der Waals surface area contributed by atoms with E-state index >= 15 is 0 Å². The van der Waals surface area contributed by atoms with E-state index in [2.05, 4.69) is 9.97 Å². The highest BCUT2D eigenvalue weighted by molar-refractivity contribution is 5.32. The summed E-state index contributed by atoms with van der Waals surface area (Å²) < 4.78 is 5.52. The van der Waals surface area contributed by atoms with Crippen molar-refractivity contribution in [3.63, 3.8) is 0 Å². The van der Waals surface area contributed by atoms with E-state index in [0.29, 0.717) is 23.6 Å². The summed E-state index contributed by atoms with van der Waals surface area (Å²) in [6.45, 7) is 4.61. The van der Waals surface area contributed by atoms with Crippen LogP contribution in [0.2, 0.25) is 0 Å². The van der Waals surface area contributed by atoms with Gasteiger partial charge in [0.2, 0.25) is 0 Å². The van der Waals surface area contributed by atoms with Crippen molar-refractivity contribution in [2.24, 2.45) is 0 Å². The molecule has 0 saturated heterocycles. The third kappa shape index (κ3) is 3.29. The molecule has 0 aliphatic rings. The minimum atomic E-state index is -0.779. The average Bonchev–Trinajstić information content (AvgIpc) is 2.45. The third-order valence-corrected chi connectivity index (χ3v) is 2.83. The molecule has 0 aliphatic carbocycles. The monoisotopic (exact) mass is 258 g/mol. The predicted octanol–water partition coefficient (Wildman–Crippen LogP) is 2.66. The Balaban J connectivity index is 2.24. The largest absolute Gasteiger partial charge is 0.492 e. The van der Waals surface area contributed by atoms with Crippen molar-refractivity contribution in [2.45, 2.75) is 26.4 Å². The van der Waals surface area contributed by atoms with Gasteiger partial charge in [-0.1, -0.05) is 13.0 Å². The summed E-state index contributed by atoms with van der Waals surface area (Å²) in [6, 6.07) is 5.59. The molecule has 0 aromatic carbocycles. The number of aliphatic hydroxyl groups is 1. The Bertz CT molecular complexity index is 543. The lowest BCUT2D eigenvalue weighted by atomic mass is 10.0. The summed E-state index contributed by atoms with van der Waals surface area (Å²) in [7, 11) is 0. The van der Waals surface area contributed by atoms with Crippen LogP contribution in [-0.4, -0.2) is 21.7 Å². The molecule has 100 valence electrons. The number of nitrogens with zero attached hydrogens (tertiary/aromatic N) is 2. The number of hydrogen-bond donors (Lipinski definition) is 1. The fraction of sp³-hybridized carbons (Fsp3) is 0.333. The second-order valence-electron chi connectivity index (χ2n) is 4.41. The number of rotatable bonds is 5. The maximum atomic E-state index is 10.4. The van der Waals surface area contributed by atoms with Gasteiger partial charge in [-0.15, -0.1) is 0 Å². The molecule has 0 spiro atoms. The first-order chi connectivity index (χ1) is 9.22. The quantitative estimate of drug-likeness (QED) is 0.895. The summed E-state index contributed by atoms with van der Waals surface area (Å²) in [6.07, 6.45) is 5.12. The zero-order chi connectivity index (χ0) is 13.7. The van der Waals surface area contributed by atoms with Gasteiger partial charge < -0.3 is 9.84 Å². The highest BCUT2D eigenvalue weighted by Crippen LogP contribution is 2.24. The molecule has 1 N–H and O–H groups in total. The van der Waals surface area contributed by atoms with Gasteiger partial charge in [-0.05, 0) is 31.0 Å². The molecule has 0 fully saturated rings. The van der Waals surface area contributed by atoms with Crippen LogP contribution in [0.4, 0.5) is 0 Å². The molecule has 0 radical (unpaired) electrons. The van der Waals surface area contributed by atoms with Gasteiger partial charge in [-0.25, -0.2) is 0 Å². The standard InChI is InChI=1S/C15H18N2O2/c1-3-7-19-13-8-12(9-16-10-13)15(18)14-11(2)5-4-6-17-14/h4-6,8-10,15,18H,3,7H2,1-2H3. The van der Waals surface area contributed by atoms with E-state index in [9.17, 15) is 5.11 Å². The Labute approximate surface area is 113 Å². The van der Waals surface area contributed by atoms with Crippen molar-refractivity contribution < 1.29 is 9.84 Å². The van der Waals surface area contributed by atoms with Crippen molar-refractivity contribution in [3.05, 3.63) is 53.6 Å². The molecule has 2 aromatic rings. The summed E-state index contributed by atoms with van der Waals surface area (Å²) in [4.78, 5) is 8.33. The van der Waals surface area contributed by atoms with Crippen LogP contribution in [0.15, 0.2) is 36.8 Å². The van der Waals surface area contributed by atoms with E-state index in [-0.39, 0.29) is 0 Å². The van der Waals surface area contributed by atoms with Crippen LogP contribution >= 0.6 is 0 Å². The molecule has 1 atom stereocenters. The molecule has 4 heteroatoms. The van der Waals surface area contributed by atoms with Crippen LogP contribution in [-0.2, 0) is 0 Å². The van der Waals surface area contributed by atoms with Crippen LogP contribution < -0.4 is 4.74 Å². The molecule has 0 saturated carbocycles. The zero-order valence-corrected chi connectivity index (χ0v) is 11.2. The summed E-state index contributed by atoms with van der Waals surface area (Å²) in [5.41, 5.74) is 2.29. The molecule has 2 aromatic heterocycles. The number of ether oxygens (including phenoxy) is 1. The predicted molar refractivity (Wildman–Crippen MR) is 73.1 cm³/mol. The van der Waals surface area contributed by atoms with Gasteiger partial charge in [0.1, 0.15) is 11.9 Å². The topological polar surface area (TPSA) is 55.2 Å². The molecular weight excluding hydrogens is 240 g/mol. The minimum absolute atomic E-state index is 0.643. The van der Waals surface area contributed by atoms with Crippen molar-refractivity contribution >= 4 is 0 Å². The highest BCUT2D eigenvalue weighted by Gasteiger charge is 2.15. The van der Waals surface area contributed by atoms with Crippen molar-refractivity contribution in [2.75, 3.05) is 6.61 Å². The number of aryl methyl sites for hydroxylation is 1. The van der Waals surface area contributed by atoms with Crippen LogP contribution in [0, 0.1) is 6.92 Å². The van der Waals surface area contributed by atoms with Crippen LogP contribution in [0.25, 0.3) is 0 Å². The van der Waals surface area contributed by atoms with Gasteiger partial charge in [0.05, 0.1) is 18.5 Å². The number of aliphatic hydroxyl groups excluding tert-OH is 1. The number of pyridine rings is 2. The van der Waals surface area contributed by atoms with Crippen molar-refractivity contribution in [3.8, 4) is 5.75 Å². The van der Waals surface area contributed by atoms with Gasteiger partial charge in [-0.3, -0.25) is 9.97 Å². The molecule has 4 nitrogen and oxygen atoms in total. The molecule has 19 heavy (non-hydrogen) atoms. The van der Waals surface area contributed by atoms with E-state index in [1.54, 1.807) is 24.7 Å². The smallest absolute Gasteiger partial charge is 0.137 e. The van der Waals surface area contributed by atoms with Crippen molar-refractivity contribution in [1.29, 1.82) is 0 Å². The van der Waals surface area contributed by atoms with E-state index in [4.69, 9.17) is 4.74 Å². The molecule has 0 bridgehead atoms. The van der Waals surface area contributed by atoms with Crippen molar-refractivity contribution in [1.82, 2.24) is 9.97 Å². The maximum absolute atomic E-state index is 10.4. The normalized spacial score (nSPS) is 12.2. The second kappa shape index (κ2) is 6.29. The van der Waals surface area contributed by atoms with Crippen LogP contribution in [0.5, 0.6) is 5.75 Å². The summed E-state index contributed by atoms with van der Waals surface area (Å²) in [5, 5.41) is 10.4. The van der Waals surface area contributed by atoms with Gasteiger partial charge >= 0.3 is 0 Å². The fourth-order valence-electron chi connectivity index (χ4n) is 1.83. The Morgan fingerprint density at radius 1 is 1.37 bits per heavy atom. The lowest BCUT2D eigenvalue weighted by Gasteiger charge is -2.13. The Kier molecular flexibility index (Phi) is 4.47. The molecular formula is C15H18N2O2. The summed E-state index contributed by atoms with van der Waals surface area (Å²) in [5.74, 6) is 0.673. The van der Waals surface area contributed by atoms with Gasteiger partial charge in [0, 0.05) is 18.0 Å². The Morgan fingerprint density at radius 2 is 2.21 bits per heavy atom. The van der Waals surface area contributed by atoms with Crippen LogP contribution in [0.3, 0.4) is 0 Å². The zero-order valence-electron chi connectivity index (χ0n) is 11.2. The van der Waals surface area contributed by atoms with E-state index in [1.807, 2.05) is 26.0 Å². The lowest BCUT2D eigenvalue weighted by Crippen LogP contribution is -2.05. The maximum Gasteiger partial charge on any atom is 0.137 e. The molecule has 1 unspecified atom stereocenters. The molecule has 0 amide bonds. The summed E-state index contributed by atoms with van der Waals surface area (Å²) >= 11 is 0. The van der Waals surface area contributed by atoms with Gasteiger partial charge in [0.25, 0.3) is 0 Å². The molecule has 2 rings (SSSR count). The van der Waals surface area contributed by atoms with E-state index in [0.717, 1.165) is 12.0 Å². The first kappa shape index (κ1) is 13.5. The second-order valence-corrected chi connectivity index (χ2v) is 4.41. The molecule has 2 heterocycles. The fourth-order valence-corrected chi connectivity index (χ4v) is 1.83. The van der Waals surface area contributed by atoms with E-state index < -0.39 is 6.10 Å². The first-order valence-corrected chi connectivity index (χ1v) is 6.39. The third-order valence-electron chi connectivity index (χ3n) is 2.83. The van der Waals surface area contributed by atoms with Gasteiger partial charge in [-0.2, -0.15) is 0 Å². The number of hydrogen-bond acceptors (Lipinski definition) is 4. The highest BCUT2D eigenvalue weighted by atomic mass is 16.5. The SMILES string of the molecule is CCCOc1cncc(C(O)c2ncccc2C)c1. The molecule has 0 aliphatic heterocycles. The Hall–Kier alpha value is -1.94. The Morgan fingerprint density at radius 3 is 2.95 bits per heavy atom. The van der Waals surface area contributed by atoms with Crippen LogP contribution in [0.1, 0.15) is 36.3 Å². The van der Waals surface area contributed by atoms with Gasteiger partial charge in [0.15, 0.2) is 0 Å². The minimum Gasteiger partial charge on any atom is -0.492 e. The number of aromatic nitrogens is 2. The van der Waals surface area contributed by atoms with E-state index in [1.165, 1.54) is 0 Å². The first-order valence-electron chi connectivity index (χ1n) is 6.39. The average molecular weight is 258 g/mol.